The quantitative estimate of drug-likeness (QED) is 0.771. The predicted molar refractivity (Wildman–Crippen MR) is 107 cm³/mol. The first-order valence-corrected chi connectivity index (χ1v) is 12.0. The van der Waals surface area contributed by atoms with Crippen molar-refractivity contribution in [1.29, 1.82) is 0 Å². The van der Waals surface area contributed by atoms with Gasteiger partial charge in [0.25, 0.3) is 5.91 Å². The Labute approximate surface area is 167 Å². The molecule has 1 atom stereocenters. The lowest BCUT2D eigenvalue weighted by atomic mass is 9.84. The fraction of sp³-hybridized carbons (Fsp3) is 0.667. The first-order valence-electron chi connectivity index (χ1n) is 10.6. The third-order valence-corrected chi connectivity index (χ3v) is 8.26. The summed E-state index contributed by atoms with van der Waals surface area (Å²) in [7, 11) is -3.51. The van der Waals surface area contributed by atoms with Gasteiger partial charge >= 0.3 is 0 Å². The summed E-state index contributed by atoms with van der Waals surface area (Å²) in [5.74, 6) is 0.573. The van der Waals surface area contributed by atoms with Crippen molar-refractivity contribution in [3.05, 3.63) is 29.8 Å². The molecule has 0 bridgehead atoms. The maximum Gasteiger partial charge on any atom is 0.251 e. The first-order chi connectivity index (χ1) is 13.6. The van der Waals surface area contributed by atoms with Crippen LogP contribution in [-0.2, 0) is 19.6 Å². The summed E-state index contributed by atoms with van der Waals surface area (Å²) in [6.45, 7) is 2.17. The van der Waals surface area contributed by atoms with Gasteiger partial charge in [-0.25, -0.2) is 8.42 Å². The fourth-order valence-electron chi connectivity index (χ4n) is 4.62. The molecule has 1 aliphatic carbocycles. The highest BCUT2D eigenvalue weighted by molar-refractivity contribution is 7.89. The Bertz CT molecular complexity index is 773. The normalized spacial score (nSPS) is 25.1. The molecule has 1 aromatic carbocycles. The molecule has 4 rings (SSSR count). The SMILES string of the molecule is O=C(C1CCCO1)N1CCN(S(=O)(=O)c2ccc(C3CCCCC3)cc2)CC1. The van der Waals surface area contributed by atoms with Gasteiger partial charge in [0, 0.05) is 32.8 Å². The van der Waals surface area contributed by atoms with Crippen LogP contribution in [-0.4, -0.2) is 62.4 Å². The van der Waals surface area contributed by atoms with Crippen LogP contribution >= 0.6 is 0 Å². The molecule has 2 aliphatic heterocycles. The zero-order valence-electron chi connectivity index (χ0n) is 16.4. The lowest BCUT2D eigenvalue weighted by molar-refractivity contribution is -0.142. The van der Waals surface area contributed by atoms with Crippen molar-refractivity contribution in [2.45, 2.75) is 61.9 Å². The molecule has 3 fully saturated rings. The van der Waals surface area contributed by atoms with E-state index in [2.05, 4.69) is 0 Å². The van der Waals surface area contributed by atoms with E-state index in [4.69, 9.17) is 4.74 Å². The van der Waals surface area contributed by atoms with Gasteiger partial charge < -0.3 is 9.64 Å². The highest BCUT2D eigenvalue weighted by Crippen LogP contribution is 2.33. The number of nitrogens with zero attached hydrogens (tertiary/aromatic N) is 2. The van der Waals surface area contributed by atoms with E-state index in [1.807, 2.05) is 12.1 Å². The molecule has 0 aromatic heterocycles. The van der Waals surface area contributed by atoms with Crippen LogP contribution in [0.25, 0.3) is 0 Å². The van der Waals surface area contributed by atoms with Crippen molar-refractivity contribution < 1.29 is 17.9 Å². The van der Waals surface area contributed by atoms with E-state index >= 15 is 0 Å². The molecule has 1 aromatic rings. The minimum atomic E-state index is -3.51. The third-order valence-electron chi connectivity index (χ3n) is 6.35. The number of ether oxygens (including phenoxy) is 1. The van der Waals surface area contributed by atoms with E-state index < -0.39 is 10.0 Å². The number of hydrogen-bond acceptors (Lipinski definition) is 4. The Balaban J connectivity index is 1.38. The smallest absolute Gasteiger partial charge is 0.251 e. The number of hydrogen-bond donors (Lipinski definition) is 0. The summed E-state index contributed by atoms with van der Waals surface area (Å²) in [6.07, 6.45) is 7.59. The largest absolute Gasteiger partial charge is 0.368 e. The van der Waals surface area contributed by atoms with E-state index in [0.29, 0.717) is 43.6 Å². The number of carbonyl (C=O) groups is 1. The van der Waals surface area contributed by atoms with E-state index in [9.17, 15) is 13.2 Å². The topological polar surface area (TPSA) is 66.9 Å². The monoisotopic (exact) mass is 406 g/mol. The Morgan fingerprint density at radius 3 is 2.18 bits per heavy atom. The Kier molecular flexibility index (Phi) is 6.04. The maximum atomic E-state index is 13.0. The molecule has 1 amide bonds. The van der Waals surface area contributed by atoms with Crippen LogP contribution in [0.5, 0.6) is 0 Å². The van der Waals surface area contributed by atoms with Gasteiger partial charge in [-0.1, -0.05) is 31.4 Å². The summed E-state index contributed by atoms with van der Waals surface area (Å²) in [4.78, 5) is 14.5. The van der Waals surface area contributed by atoms with Gasteiger partial charge in [0.2, 0.25) is 10.0 Å². The van der Waals surface area contributed by atoms with Gasteiger partial charge in [0.15, 0.2) is 0 Å². The maximum absolute atomic E-state index is 13.0. The molecular formula is C21H30N2O4S. The molecule has 0 spiro atoms. The summed E-state index contributed by atoms with van der Waals surface area (Å²) >= 11 is 0. The number of rotatable bonds is 4. The van der Waals surface area contributed by atoms with Crippen LogP contribution in [0.4, 0.5) is 0 Å². The Morgan fingerprint density at radius 2 is 1.57 bits per heavy atom. The second-order valence-corrected chi connectivity index (χ2v) is 10.1. The summed E-state index contributed by atoms with van der Waals surface area (Å²) in [5.41, 5.74) is 1.26. The second-order valence-electron chi connectivity index (χ2n) is 8.14. The molecule has 2 heterocycles. The first kappa shape index (κ1) is 19.9. The predicted octanol–water partition coefficient (Wildman–Crippen LogP) is 2.75. The standard InChI is InChI=1S/C21H30N2O4S/c24-21(20-7-4-16-27-20)22-12-14-23(15-13-22)28(25,26)19-10-8-18(9-11-19)17-5-2-1-3-6-17/h8-11,17,20H,1-7,12-16H2. The van der Waals surface area contributed by atoms with Crippen LogP contribution in [0.1, 0.15) is 56.4 Å². The molecule has 2 saturated heterocycles. The van der Waals surface area contributed by atoms with Crippen molar-refractivity contribution in [2.24, 2.45) is 0 Å². The lowest BCUT2D eigenvalue weighted by Gasteiger charge is -2.35. The number of sulfonamides is 1. The molecule has 28 heavy (non-hydrogen) atoms. The van der Waals surface area contributed by atoms with E-state index in [0.717, 1.165) is 12.8 Å². The molecule has 7 heteroatoms. The highest BCUT2D eigenvalue weighted by Gasteiger charge is 2.34. The minimum Gasteiger partial charge on any atom is -0.368 e. The highest BCUT2D eigenvalue weighted by atomic mass is 32.2. The van der Waals surface area contributed by atoms with Gasteiger partial charge in [0.1, 0.15) is 6.10 Å². The molecule has 1 unspecified atom stereocenters. The van der Waals surface area contributed by atoms with Gasteiger partial charge in [-0.15, -0.1) is 0 Å². The molecule has 154 valence electrons. The van der Waals surface area contributed by atoms with Crippen molar-refractivity contribution in [3.63, 3.8) is 0 Å². The van der Waals surface area contributed by atoms with Crippen LogP contribution in [0, 0.1) is 0 Å². The second kappa shape index (κ2) is 8.51. The van der Waals surface area contributed by atoms with Gasteiger partial charge in [0.05, 0.1) is 4.90 Å². The lowest BCUT2D eigenvalue weighted by Crippen LogP contribution is -2.52. The Hall–Kier alpha value is -1.44. The molecule has 0 radical (unpaired) electrons. The molecule has 3 aliphatic rings. The van der Waals surface area contributed by atoms with E-state index in [1.54, 1.807) is 17.0 Å². The van der Waals surface area contributed by atoms with Crippen LogP contribution in [0.3, 0.4) is 0 Å². The minimum absolute atomic E-state index is 0.00591. The average molecular weight is 407 g/mol. The summed E-state index contributed by atoms with van der Waals surface area (Å²) in [6, 6.07) is 7.48. The molecule has 6 nitrogen and oxygen atoms in total. The van der Waals surface area contributed by atoms with Gasteiger partial charge in [-0.2, -0.15) is 4.31 Å². The van der Waals surface area contributed by atoms with Crippen LogP contribution in [0.15, 0.2) is 29.2 Å². The summed E-state index contributed by atoms with van der Waals surface area (Å²) < 4.78 is 33.0. The Morgan fingerprint density at radius 1 is 0.893 bits per heavy atom. The number of piperazine rings is 1. The van der Waals surface area contributed by atoms with Gasteiger partial charge in [-0.05, 0) is 49.3 Å². The van der Waals surface area contributed by atoms with Crippen LogP contribution in [0.2, 0.25) is 0 Å². The third kappa shape index (κ3) is 4.11. The number of carbonyl (C=O) groups excluding carboxylic acids is 1. The molecular weight excluding hydrogens is 376 g/mol. The van der Waals surface area contributed by atoms with Crippen molar-refractivity contribution >= 4 is 15.9 Å². The van der Waals surface area contributed by atoms with Crippen molar-refractivity contribution in [1.82, 2.24) is 9.21 Å². The summed E-state index contributed by atoms with van der Waals surface area (Å²) in [5, 5.41) is 0. The van der Waals surface area contributed by atoms with Gasteiger partial charge in [-0.3, -0.25) is 4.79 Å². The van der Waals surface area contributed by atoms with Crippen molar-refractivity contribution in [2.75, 3.05) is 32.8 Å². The average Bonchev–Trinajstić information content (AvgIpc) is 3.29. The van der Waals surface area contributed by atoms with Crippen LogP contribution < -0.4 is 0 Å². The number of amides is 1. The van der Waals surface area contributed by atoms with E-state index in [-0.39, 0.29) is 12.0 Å². The fourth-order valence-corrected chi connectivity index (χ4v) is 6.04. The van der Waals surface area contributed by atoms with E-state index in [1.165, 1.54) is 42.0 Å². The zero-order chi connectivity index (χ0) is 19.6. The van der Waals surface area contributed by atoms with Crippen molar-refractivity contribution in [3.8, 4) is 0 Å². The molecule has 1 saturated carbocycles. The number of benzene rings is 1. The molecule has 0 N–H and O–H groups in total. The zero-order valence-corrected chi connectivity index (χ0v) is 17.2.